The number of fused-ring (bicyclic) bond motifs is 2. The molecular formula is C18H14BrN5O2. The molecule has 4 aromatic rings. The van der Waals surface area contributed by atoms with E-state index in [1.54, 1.807) is 17.7 Å². The van der Waals surface area contributed by atoms with Gasteiger partial charge in [-0.3, -0.25) is 4.79 Å². The van der Waals surface area contributed by atoms with Crippen molar-refractivity contribution < 1.29 is 4.42 Å². The van der Waals surface area contributed by atoms with Crippen molar-refractivity contribution in [3.05, 3.63) is 50.9 Å². The van der Waals surface area contributed by atoms with E-state index in [4.69, 9.17) is 4.42 Å². The van der Waals surface area contributed by atoms with Gasteiger partial charge in [-0.15, -0.1) is 5.92 Å². The van der Waals surface area contributed by atoms with E-state index in [1.807, 2.05) is 25.1 Å². The van der Waals surface area contributed by atoms with Crippen LogP contribution in [0.25, 0.3) is 22.1 Å². The van der Waals surface area contributed by atoms with Crippen LogP contribution in [-0.2, 0) is 13.1 Å². The molecule has 0 amide bonds. The monoisotopic (exact) mass is 411 g/mol. The van der Waals surface area contributed by atoms with Gasteiger partial charge in [-0.2, -0.15) is 5.10 Å². The van der Waals surface area contributed by atoms with Crippen molar-refractivity contribution in [2.24, 2.45) is 0 Å². The molecule has 0 unspecified atom stereocenters. The molecule has 8 heteroatoms. The molecule has 0 aliphatic carbocycles. The largest absolute Gasteiger partial charge is 0.439 e. The van der Waals surface area contributed by atoms with Gasteiger partial charge in [0.15, 0.2) is 10.3 Å². The standard InChI is InChI=1S/C18H14BrN5O2/c1-3-4-8-23-16-12(21-18(23)19)9-20-24(17(16)25)10-14-22-15-11(2)6-5-7-13(15)26-14/h5-7,9H,8,10H2,1-2H3. The van der Waals surface area contributed by atoms with E-state index in [9.17, 15) is 4.79 Å². The Bertz CT molecular complexity index is 1260. The smallest absolute Gasteiger partial charge is 0.293 e. The Morgan fingerprint density at radius 1 is 1.31 bits per heavy atom. The third-order valence-corrected chi connectivity index (χ3v) is 4.67. The molecule has 0 radical (unpaired) electrons. The van der Waals surface area contributed by atoms with Gasteiger partial charge in [-0.1, -0.05) is 18.1 Å². The molecule has 0 saturated carbocycles. The van der Waals surface area contributed by atoms with Gasteiger partial charge in [0.05, 0.1) is 12.7 Å². The van der Waals surface area contributed by atoms with Crippen LogP contribution in [0.15, 0.2) is 38.3 Å². The van der Waals surface area contributed by atoms with E-state index >= 15 is 0 Å². The molecule has 0 fully saturated rings. The summed E-state index contributed by atoms with van der Waals surface area (Å²) in [7, 11) is 0. The zero-order valence-corrected chi connectivity index (χ0v) is 15.7. The maximum Gasteiger partial charge on any atom is 0.293 e. The number of aryl methyl sites for hydroxylation is 1. The minimum Gasteiger partial charge on any atom is -0.439 e. The van der Waals surface area contributed by atoms with Gasteiger partial charge in [0.1, 0.15) is 23.1 Å². The summed E-state index contributed by atoms with van der Waals surface area (Å²) >= 11 is 3.37. The number of benzene rings is 1. The lowest BCUT2D eigenvalue weighted by atomic mass is 10.2. The van der Waals surface area contributed by atoms with Gasteiger partial charge in [-0.25, -0.2) is 14.6 Å². The highest BCUT2D eigenvalue weighted by Gasteiger charge is 2.16. The van der Waals surface area contributed by atoms with Crippen LogP contribution in [0.3, 0.4) is 0 Å². The molecule has 0 atom stereocenters. The summed E-state index contributed by atoms with van der Waals surface area (Å²) in [6.07, 6.45) is 1.56. The summed E-state index contributed by atoms with van der Waals surface area (Å²) in [5, 5.41) is 4.20. The van der Waals surface area contributed by atoms with Crippen LogP contribution in [0.4, 0.5) is 0 Å². The minimum atomic E-state index is -0.266. The fraction of sp³-hybridized carbons (Fsp3) is 0.222. The molecular weight excluding hydrogens is 398 g/mol. The highest BCUT2D eigenvalue weighted by Crippen LogP contribution is 2.20. The molecule has 130 valence electrons. The van der Waals surface area contributed by atoms with Crippen LogP contribution in [-0.4, -0.2) is 24.3 Å². The van der Waals surface area contributed by atoms with Crippen LogP contribution in [0.5, 0.6) is 0 Å². The van der Waals surface area contributed by atoms with E-state index < -0.39 is 0 Å². The lowest BCUT2D eigenvalue weighted by Gasteiger charge is -2.03. The fourth-order valence-electron chi connectivity index (χ4n) is 2.80. The minimum absolute atomic E-state index is 0.144. The van der Waals surface area contributed by atoms with E-state index in [0.717, 1.165) is 11.1 Å². The van der Waals surface area contributed by atoms with Crippen molar-refractivity contribution in [2.75, 3.05) is 0 Å². The molecule has 7 nitrogen and oxygen atoms in total. The van der Waals surface area contributed by atoms with Crippen molar-refractivity contribution >= 4 is 38.1 Å². The number of aromatic nitrogens is 5. The Kier molecular flexibility index (Phi) is 4.09. The summed E-state index contributed by atoms with van der Waals surface area (Å²) in [6.45, 7) is 4.23. The van der Waals surface area contributed by atoms with Crippen LogP contribution in [0.1, 0.15) is 18.4 Å². The van der Waals surface area contributed by atoms with Crippen LogP contribution in [0.2, 0.25) is 0 Å². The summed E-state index contributed by atoms with van der Waals surface area (Å²) < 4.78 is 9.35. The molecule has 4 rings (SSSR count). The van der Waals surface area contributed by atoms with Gasteiger partial charge in [-0.05, 0) is 41.4 Å². The number of para-hydroxylation sites is 1. The molecule has 3 heterocycles. The van der Waals surface area contributed by atoms with Crippen molar-refractivity contribution in [3.8, 4) is 11.8 Å². The first-order valence-corrected chi connectivity index (χ1v) is 8.74. The quantitative estimate of drug-likeness (QED) is 0.484. The van der Waals surface area contributed by atoms with Crippen molar-refractivity contribution in [1.82, 2.24) is 24.3 Å². The third kappa shape index (κ3) is 2.70. The third-order valence-electron chi connectivity index (χ3n) is 4.07. The number of hydrogen-bond donors (Lipinski definition) is 0. The summed E-state index contributed by atoms with van der Waals surface area (Å²) in [5.41, 5.74) is 3.21. The summed E-state index contributed by atoms with van der Waals surface area (Å²) in [4.78, 5) is 21.7. The first kappa shape index (κ1) is 16.5. The molecule has 1 aromatic carbocycles. The maximum atomic E-state index is 12.9. The lowest BCUT2D eigenvalue weighted by molar-refractivity contribution is 0.482. The highest BCUT2D eigenvalue weighted by molar-refractivity contribution is 9.10. The van der Waals surface area contributed by atoms with Gasteiger partial charge in [0.2, 0.25) is 5.89 Å². The van der Waals surface area contributed by atoms with Crippen LogP contribution >= 0.6 is 15.9 Å². The number of imidazole rings is 1. The molecule has 0 spiro atoms. The Labute approximate surface area is 156 Å². The Morgan fingerprint density at radius 2 is 2.15 bits per heavy atom. The zero-order valence-electron chi connectivity index (χ0n) is 14.2. The van der Waals surface area contributed by atoms with Crippen molar-refractivity contribution in [2.45, 2.75) is 26.9 Å². The zero-order chi connectivity index (χ0) is 18.3. The number of rotatable bonds is 3. The van der Waals surface area contributed by atoms with Gasteiger partial charge in [0, 0.05) is 0 Å². The average Bonchev–Trinajstić information content (AvgIpc) is 3.17. The second kappa shape index (κ2) is 6.42. The van der Waals surface area contributed by atoms with Gasteiger partial charge in [0.25, 0.3) is 5.56 Å². The Balaban J connectivity index is 1.80. The van der Waals surface area contributed by atoms with E-state index in [1.165, 1.54) is 4.68 Å². The molecule has 0 aliphatic rings. The van der Waals surface area contributed by atoms with Gasteiger partial charge < -0.3 is 8.98 Å². The highest BCUT2D eigenvalue weighted by atomic mass is 79.9. The average molecular weight is 412 g/mol. The fourth-order valence-corrected chi connectivity index (χ4v) is 3.29. The number of hydrogen-bond acceptors (Lipinski definition) is 5. The SMILES string of the molecule is CC#CCn1c(Br)nc2cnn(Cc3nc4c(C)cccc4o3)c(=O)c21. The second-order valence-corrected chi connectivity index (χ2v) is 6.47. The summed E-state index contributed by atoms with van der Waals surface area (Å²) in [5.74, 6) is 6.20. The van der Waals surface area contributed by atoms with E-state index in [-0.39, 0.29) is 12.1 Å². The molecule has 26 heavy (non-hydrogen) atoms. The number of oxazole rings is 1. The molecule has 3 aromatic heterocycles. The Hall–Kier alpha value is -2.92. The second-order valence-electron chi connectivity index (χ2n) is 5.76. The van der Waals surface area contributed by atoms with Crippen LogP contribution < -0.4 is 5.56 Å². The van der Waals surface area contributed by atoms with Crippen molar-refractivity contribution in [1.29, 1.82) is 0 Å². The van der Waals surface area contributed by atoms with Crippen LogP contribution in [0, 0.1) is 18.8 Å². The number of halogens is 1. The van der Waals surface area contributed by atoms with Crippen molar-refractivity contribution in [3.63, 3.8) is 0 Å². The predicted molar refractivity (Wildman–Crippen MR) is 101 cm³/mol. The normalized spacial score (nSPS) is 11.0. The Morgan fingerprint density at radius 3 is 2.92 bits per heavy atom. The predicted octanol–water partition coefficient (Wildman–Crippen LogP) is 2.88. The maximum absolute atomic E-state index is 12.9. The lowest BCUT2D eigenvalue weighted by Crippen LogP contribution is -2.25. The molecule has 0 N–H and O–H groups in total. The topological polar surface area (TPSA) is 78.7 Å². The molecule has 0 aliphatic heterocycles. The van der Waals surface area contributed by atoms with E-state index in [0.29, 0.717) is 33.8 Å². The summed E-state index contributed by atoms with van der Waals surface area (Å²) in [6, 6.07) is 5.73. The van der Waals surface area contributed by atoms with E-state index in [2.05, 4.69) is 42.8 Å². The molecule has 0 saturated heterocycles. The van der Waals surface area contributed by atoms with Gasteiger partial charge >= 0.3 is 0 Å². The number of nitrogens with zero attached hydrogens (tertiary/aromatic N) is 5. The first-order chi connectivity index (χ1) is 12.6. The molecule has 0 bridgehead atoms. The first-order valence-electron chi connectivity index (χ1n) is 7.95.